The first-order chi connectivity index (χ1) is 12.3. The molecule has 0 aliphatic heterocycles. The molecular formula is C16H12Cl2N4O3S. The van der Waals surface area contributed by atoms with Gasteiger partial charge in [0.2, 0.25) is 5.91 Å². The molecule has 134 valence electrons. The predicted molar refractivity (Wildman–Crippen MR) is 103 cm³/mol. The number of amides is 1. The van der Waals surface area contributed by atoms with Gasteiger partial charge in [0.1, 0.15) is 0 Å². The number of anilines is 1. The van der Waals surface area contributed by atoms with Crippen LogP contribution in [0.4, 0.5) is 11.4 Å². The zero-order chi connectivity index (χ0) is 18.8. The topological polar surface area (TPSA) is 101 Å². The molecule has 0 saturated heterocycles. The smallest absolute Gasteiger partial charge is 0.271 e. The van der Waals surface area contributed by atoms with Gasteiger partial charge in [0.25, 0.3) is 5.69 Å². The van der Waals surface area contributed by atoms with E-state index in [1.54, 1.807) is 25.1 Å². The number of hydrogen-bond donors (Lipinski definition) is 2. The number of fused-ring (bicyclic) bond motifs is 1. The summed E-state index contributed by atoms with van der Waals surface area (Å²) in [5.74, 6) is -0.302. The molecule has 26 heavy (non-hydrogen) atoms. The summed E-state index contributed by atoms with van der Waals surface area (Å²) in [7, 11) is 0. The van der Waals surface area contributed by atoms with Crippen LogP contribution in [0.3, 0.4) is 0 Å². The normalized spacial score (nSPS) is 12.1. The number of nitrogens with one attached hydrogen (secondary N) is 2. The number of non-ortho nitro benzene ring substituents is 1. The van der Waals surface area contributed by atoms with Crippen molar-refractivity contribution in [2.24, 2.45) is 0 Å². The maximum absolute atomic E-state index is 12.4. The van der Waals surface area contributed by atoms with E-state index in [2.05, 4.69) is 15.3 Å². The fourth-order valence-corrected chi connectivity index (χ4v) is 3.40. The second-order valence-corrected chi connectivity index (χ2v) is 7.55. The number of hydrogen-bond acceptors (Lipinski definition) is 5. The molecule has 1 unspecified atom stereocenters. The summed E-state index contributed by atoms with van der Waals surface area (Å²) in [6.45, 7) is 1.72. The van der Waals surface area contributed by atoms with E-state index in [1.807, 2.05) is 0 Å². The standard InChI is InChI=1S/C16H12Cl2N4O3S/c1-8(26-16-20-13-4-2-9(17)6-14(13)21-16)15(23)19-12-5-3-10(22(24)25)7-11(12)18/h2-8H,1H3,(H,19,23)(H,20,21). The number of H-pyrrole nitrogens is 1. The number of nitrogens with zero attached hydrogens (tertiary/aromatic N) is 2. The van der Waals surface area contributed by atoms with E-state index in [-0.39, 0.29) is 16.6 Å². The molecule has 1 heterocycles. The number of carbonyl (C=O) groups excluding carboxylic acids is 1. The number of thioether (sulfide) groups is 1. The van der Waals surface area contributed by atoms with Gasteiger partial charge in [-0.1, -0.05) is 35.0 Å². The van der Waals surface area contributed by atoms with Crippen LogP contribution in [-0.4, -0.2) is 26.0 Å². The second-order valence-electron chi connectivity index (χ2n) is 5.37. The first-order valence-electron chi connectivity index (χ1n) is 7.40. The number of imidazole rings is 1. The van der Waals surface area contributed by atoms with Crippen LogP contribution in [0, 0.1) is 10.1 Å². The van der Waals surface area contributed by atoms with Gasteiger partial charge < -0.3 is 10.3 Å². The lowest BCUT2D eigenvalue weighted by Gasteiger charge is -2.11. The van der Waals surface area contributed by atoms with Crippen LogP contribution < -0.4 is 5.32 Å². The molecule has 2 aromatic carbocycles. The van der Waals surface area contributed by atoms with E-state index in [0.717, 1.165) is 11.0 Å². The summed E-state index contributed by atoms with van der Waals surface area (Å²) >= 11 is 13.2. The van der Waals surface area contributed by atoms with Crippen molar-refractivity contribution in [3.05, 3.63) is 56.6 Å². The lowest BCUT2D eigenvalue weighted by Crippen LogP contribution is -2.22. The highest BCUT2D eigenvalue weighted by Crippen LogP contribution is 2.29. The maximum atomic E-state index is 12.4. The molecule has 0 fully saturated rings. The molecule has 10 heteroatoms. The van der Waals surface area contributed by atoms with Gasteiger partial charge in [-0.3, -0.25) is 14.9 Å². The molecule has 0 saturated carbocycles. The van der Waals surface area contributed by atoms with Gasteiger partial charge in [-0.25, -0.2) is 4.98 Å². The number of rotatable bonds is 5. The van der Waals surface area contributed by atoms with Crippen molar-refractivity contribution in [1.82, 2.24) is 9.97 Å². The third kappa shape index (κ3) is 4.09. The molecule has 0 bridgehead atoms. The molecule has 0 spiro atoms. The lowest BCUT2D eigenvalue weighted by molar-refractivity contribution is -0.384. The van der Waals surface area contributed by atoms with Crippen molar-refractivity contribution in [2.45, 2.75) is 17.3 Å². The SMILES string of the molecule is CC(Sc1nc2ccc(Cl)cc2[nH]1)C(=O)Nc1ccc([N+](=O)[O-])cc1Cl. The summed E-state index contributed by atoms with van der Waals surface area (Å²) in [5, 5.41) is 14.2. The predicted octanol–water partition coefficient (Wildman–Crippen LogP) is 4.90. The molecule has 1 aromatic heterocycles. The molecule has 0 aliphatic carbocycles. The number of nitro benzene ring substituents is 1. The molecule has 1 amide bonds. The Bertz CT molecular complexity index is 1010. The molecule has 3 aromatic rings. The van der Waals surface area contributed by atoms with E-state index in [9.17, 15) is 14.9 Å². The number of aromatic nitrogens is 2. The van der Waals surface area contributed by atoms with Crippen LogP contribution in [0.5, 0.6) is 0 Å². The highest BCUT2D eigenvalue weighted by molar-refractivity contribution is 8.00. The summed E-state index contributed by atoms with van der Waals surface area (Å²) in [5.41, 5.74) is 1.71. The summed E-state index contributed by atoms with van der Waals surface area (Å²) in [6, 6.07) is 9.17. The van der Waals surface area contributed by atoms with Crippen LogP contribution >= 0.6 is 35.0 Å². The summed E-state index contributed by atoms with van der Waals surface area (Å²) in [4.78, 5) is 30.1. The van der Waals surface area contributed by atoms with Gasteiger partial charge in [-0.15, -0.1) is 0 Å². The number of halogens is 2. The van der Waals surface area contributed by atoms with Crippen molar-refractivity contribution in [3.8, 4) is 0 Å². The Morgan fingerprint density at radius 2 is 2.08 bits per heavy atom. The Hall–Kier alpha value is -2.29. The first-order valence-corrected chi connectivity index (χ1v) is 9.04. The number of aromatic amines is 1. The minimum atomic E-state index is -0.552. The zero-order valence-corrected chi connectivity index (χ0v) is 15.7. The van der Waals surface area contributed by atoms with Crippen LogP contribution in [0.1, 0.15) is 6.92 Å². The van der Waals surface area contributed by atoms with Gasteiger partial charge in [-0.2, -0.15) is 0 Å². The zero-order valence-electron chi connectivity index (χ0n) is 13.3. The average molecular weight is 411 g/mol. The fourth-order valence-electron chi connectivity index (χ4n) is 2.19. The van der Waals surface area contributed by atoms with E-state index >= 15 is 0 Å². The van der Waals surface area contributed by atoms with Gasteiger partial charge >= 0.3 is 0 Å². The Kier molecular flexibility index (Phi) is 5.36. The average Bonchev–Trinajstić information content (AvgIpc) is 2.97. The Morgan fingerprint density at radius 3 is 2.77 bits per heavy atom. The van der Waals surface area contributed by atoms with E-state index in [1.165, 1.54) is 30.0 Å². The molecule has 1 atom stereocenters. The molecule has 2 N–H and O–H groups in total. The minimum Gasteiger partial charge on any atom is -0.333 e. The van der Waals surface area contributed by atoms with E-state index < -0.39 is 10.2 Å². The molecular weight excluding hydrogens is 399 g/mol. The number of nitro groups is 1. The Balaban J connectivity index is 1.70. The molecule has 7 nitrogen and oxygen atoms in total. The highest BCUT2D eigenvalue weighted by Gasteiger charge is 2.19. The Labute approximate surface area is 162 Å². The summed E-state index contributed by atoms with van der Waals surface area (Å²) in [6.07, 6.45) is 0. The van der Waals surface area contributed by atoms with Gasteiger partial charge in [0.05, 0.1) is 31.9 Å². The highest BCUT2D eigenvalue weighted by atomic mass is 35.5. The third-order valence-electron chi connectivity index (χ3n) is 3.50. The van der Waals surface area contributed by atoms with Crippen molar-refractivity contribution in [2.75, 3.05) is 5.32 Å². The van der Waals surface area contributed by atoms with Gasteiger partial charge in [0, 0.05) is 17.2 Å². The van der Waals surface area contributed by atoms with Crippen LogP contribution in [-0.2, 0) is 4.79 Å². The molecule has 0 aliphatic rings. The van der Waals surface area contributed by atoms with Crippen LogP contribution in [0.25, 0.3) is 11.0 Å². The third-order valence-corrected chi connectivity index (χ3v) is 5.03. The summed E-state index contributed by atoms with van der Waals surface area (Å²) < 4.78 is 0. The van der Waals surface area contributed by atoms with E-state index in [0.29, 0.717) is 15.9 Å². The Morgan fingerprint density at radius 1 is 1.31 bits per heavy atom. The lowest BCUT2D eigenvalue weighted by atomic mass is 10.2. The fraction of sp³-hybridized carbons (Fsp3) is 0.125. The second kappa shape index (κ2) is 7.53. The van der Waals surface area contributed by atoms with Gasteiger partial charge in [0.15, 0.2) is 5.16 Å². The van der Waals surface area contributed by atoms with Crippen molar-refractivity contribution >= 4 is 63.3 Å². The molecule has 3 rings (SSSR count). The van der Waals surface area contributed by atoms with Crippen molar-refractivity contribution in [3.63, 3.8) is 0 Å². The van der Waals surface area contributed by atoms with E-state index in [4.69, 9.17) is 23.2 Å². The van der Waals surface area contributed by atoms with Crippen LogP contribution in [0.2, 0.25) is 10.0 Å². The largest absolute Gasteiger partial charge is 0.333 e. The number of benzene rings is 2. The van der Waals surface area contributed by atoms with Crippen LogP contribution in [0.15, 0.2) is 41.6 Å². The minimum absolute atomic E-state index is 0.100. The van der Waals surface area contributed by atoms with Gasteiger partial charge in [-0.05, 0) is 31.2 Å². The van der Waals surface area contributed by atoms with Crippen molar-refractivity contribution < 1.29 is 9.72 Å². The quantitative estimate of drug-likeness (QED) is 0.353. The first kappa shape index (κ1) is 18.5. The number of carbonyl (C=O) groups is 1. The maximum Gasteiger partial charge on any atom is 0.271 e. The van der Waals surface area contributed by atoms with Crippen molar-refractivity contribution in [1.29, 1.82) is 0 Å². The molecule has 0 radical (unpaired) electrons. The monoisotopic (exact) mass is 410 g/mol.